The molecule has 0 radical (unpaired) electrons. The molecule has 1 aliphatic rings. The molecule has 0 aromatic heterocycles. The highest BCUT2D eigenvalue weighted by Gasteiger charge is 2.50. The molecule has 3 aromatic rings. The van der Waals surface area contributed by atoms with Crippen molar-refractivity contribution in [3.63, 3.8) is 0 Å². The minimum atomic E-state index is -0.840. The van der Waals surface area contributed by atoms with Crippen molar-refractivity contribution in [1.82, 2.24) is 0 Å². The van der Waals surface area contributed by atoms with Crippen molar-refractivity contribution in [2.24, 2.45) is 5.92 Å². The molecule has 4 rings (SSSR count). The first-order valence-electron chi connectivity index (χ1n) is 12.4. The molecule has 0 spiro atoms. The van der Waals surface area contributed by atoms with E-state index in [0.29, 0.717) is 13.2 Å². The number of benzene rings is 3. The van der Waals surface area contributed by atoms with Gasteiger partial charge in [-0.05, 0) is 16.7 Å². The van der Waals surface area contributed by atoms with Gasteiger partial charge < -0.3 is 23.7 Å². The number of methoxy groups -OCH3 is 1. The van der Waals surface area contributed by atoms with Crippen LogP contribution in [-0.2, 0) is 43.5 Å². The Bertz CT molecular complexity index is 1070. The molecule has 1 heterocycles. The molecule has 37 heavy (non-hydrogen) atoms. The lowest BCUT2D eigenvalue weighted by Crippen LogP contribution is -2.59. The maximum absolute atomic E-state index is 11.6. The van der Waals surface area contributed by atoms with E-state index in [1.54, 1.807) is 0 Å². The monoisotopic (exact) mass is 507 g/mol. The van der Waals surface area contributed by atoms with E-state index in [0.717, 1.165) is 16.7 Å². The molecule has 1 fully saturated rings. The van der Waals surface area contributed by atoms with E-state index in [1.807, 2.05) is 91.0 Å². The van der Waals surface area contributed by atoms with E-state index in [2.05, 4.69) is 0 Å². The van der Waals surface area contributed by atoms with Crippen molar-refractivity contribution in [3.05, 3.63) is 118 Å². The van der Waals surface area contributed by atoms with Gasteiger partial charge in [0.05, 0.1) is 26.4 Å². The molecule has 1 aliphatic heterocycles. The maximum Gasteiger partial charge on any atom is 0.214 e. The Labute approximate surface area is 217 Å². The van der Waals surface area contributed by atoms with Gasteiger partial charge in [-0.25, -0.2) is 0 Å². The zero-order valence-corrected chi connectivity index (χ0v) is 20.9. The number of ether oxygens (including phenoxy) is 5. The van der Waals surface area contributed by atoms with Crippen LogP contribution in [0, 0.1) is 16.0 Å². The Morgan fingerprint density at radius 1 is 0.757 bits per heavy atom. The van der Waals surface area contributed by atoms with E-state index in [9.17, 15) is 10.1 Å². The van der Waals surface area contributed by atoms with Gasteiger partial charge >= 0.3 is 0 Å². The highest BCUT2D eigenvalue weighted by atomic mass is 16.7. The van der Waals surface area contributed by atoms with Crippen LogP contribution >= 0.6 is 0 Å². The van der Waals surface area contributed by atoms with Crippen molar-refractivity contribution in [1.29, 1.82) is 0 Å². The third-order valence-electron chi connectivity index (χ3n) is 6.33. The summed E-state index contributed by atoms with van der Waals surface area (Å²) in [5, 5.41) is 11.6. The molecule has 0 aliphatic carbocycles. The molecular formula is C29H33NO7. The van der Waals surface area contributed by atoms with Crippen LogP contribution in [0.25, 0.3) is 0 Å². The van der Waals surface area contributed by atoms with Crippen molar-refractivity contribution in [3.8, 4) is 0 Å². The first-order valence-corrected chi connectivity index (χ1v) is 12.4. The fourth-order valence-electron chi connectivity index (χ4n) is 4.51. The molecule has 0 bridgehead atoms. The number of hydrogen-bond acceptors (Lipinski definition) is 7. The quantitative estimate of drug-likeness (QED) is 0.246. The van der Waals surface area contributed by atoms with Crippen LogP contribution < -0.4 is 0 Å². The second-order valence-corrected chi connectivity index (χ2v) is 8.98. The fourth-order valence-corrected chi connectivity index (χ4v) is 4.51. The SMILES string of the molecule is CO[C@@H]1O[C@H](COCc2ccccc2)[C@H](OCc2ccccc2)[C@H](OCc2ccccc2)[C@H]1C[N+](=O)[O-]. The summed E-state index contributed by atoms with van der Waals surface area (Å²) in [5.41, 5.74) is 2.97. The predicted octanol–water partition coefficient (Wildman–Crippen LogP) is 4.64. The van der Waals surface area contributed by atoms with Crippen LogP contribution in [0.4, 0.5) is 0 Å². The Balaban J connectivity index is 1.56. The zero-order chi connectivity index (χ0) is 25.9. The molecule has 8 nitrogen and oxygen atoms in total. The second kappa shape index (κ2) is 14.0. The predicted molar refractivity (Wildman–Crippen MR) is 137 cm³/mol. The number of nitro groups is 1. The van der Waals surface area contributed by atoms with Crippen LogP contribution in [0.5, 0.6) is 0 Å². The molecule has 5 atom stereocenters. The maximum atomic E-state index is 11.6. The average molecular weight is 508 g/mol. The highest BCUT2D eigenvalue weighted by Crippen LogP contribution is 2.33. The first kappa shape index (κ1) is 26.9. The van der Waals surface area contributed by atoms with Crippen molar-refractivity contribution in [2.45, 2.75) is 44.4 Å². The minimum absolute atomic E-state index is 0.213. The van der Waals surface area contributed by atoms with E-state index in [4.69, 9.17) is 23.7 Å². The van der Waals surface area contributed by atoms with Crippen molar-refractivity contribution in [2.75, 3.05) is 20.3 Å². The normalized spacial score (nSPS) is 23.5. The van der Waals surface area contributed by atoms with Gasteiger partial charge in [-0.3, -0.25) is 10.1 Å². The standard InChI is InChI=1S/C29H33NO7/c1-33-29-25(17-30(31)32)27(35-19-23-13-7-3-8-14-23)28(36-20-24-15-9-4-10-16-24)26(37-29)21-34-18-22-11-5-2-6-12-22/h2-16,25-29H,17-21H2,1H3/t25-,26-,27-,28+,29-/m1/s1. The molecule has 0 amide bonds. The van der Waals surface area contributed by atoms with Crippen LogP contribution in [0.3, 0.4) is 0 Å². The van der Waals surface area contributed by atoms with Crippen LogP contribution in [0.15, 0.2) is 91.0 Å². The van der Waals surface area contributed by atoms with Gasteiger partial charge in [-0.1, -0.05) is 91.0 Å². The molecule has 196 valence electrons. The lowest BCUT2D eigenvalue weighted by molar-refractivity contribution is -0.502. The molecule has 0 saturated carbocycles. The van der Waals surface area contributed by atoms with Crippen molar-refractivity contribution < 1.29 is 28.6 Å². The number of nitrogens with zero attached hydrogens (tertiary/aromatic N) is 1. The third-order valence-corrected chi connectivity index (χ3v) is 6.33. The van der Waals surface area contributed by atoms with Crippen LogP contribution in [0.2, 0.25) is 0 Å². The van der Waals surface area contributed by atoms with E-state index >= 15 is 0 Å². The first-order chi connectivity index (χ1) is 18.1. The van der Waals surface area contributed by atoms with Gasteiger partial charge in [0, 0.05) is 12.0 Å². The summed E-state index contributed by atoms with van der Waals surface area (Å²) in [6, 6.07) is 29.3. The molecular weight excluding hydrogens is 474 g/mol. The van der Waals surface area contributed by atoms with Gasteiger partial charge in [-0.15, -0.1) is 0 Å². The lowest BCUT2D eigenvalue weighted by atomic mass is 9.90. The lowest BCUT2D eigenvalue weighted by Gasteiger charge is -2.44. The number of hydrogen-bond donors (Lipinski definition) is 0. The Hall–Kier alpha value is -3.14. The third kappa shape index (κ3) is 7.92. The smallest absolute Gasteiger partial charge is 0.214 e. The Kier molecular flexibility index (Phi) is 10.2. The topological polar surface area (TPSA) is 89.3 Å². The zero-order valence-electron chi connectivity index (χ0n) is 20.9. The van der Waals surface area contributed by atoms with Gasteiger partial charge in [0.15, 0.2) is 6.29 Å². The summed E-state index contributed by atoms with van der Waals surface area (Å²) in [5.74, 6) is -0.671. The molecule has 0 N–H and O–H groups in total. The largest absolute Gasteiger partial charge is 0.374 e. The molecule has 8 heteroatoms. The fraction of sp³-hybridized carbons (Fsp3) is 0.379. The minimum Gasteiger partial charge on any atom is -0.374 e. The van der Waals surface area contributed by atoms with E-state index < -0.39 is 30.5 Å². The van der Waals surface area contributed by atoms with E-state index in [-0.39, 0.29) is 24.7 Å². The summed E-state index contributed by atoms with van der Waals surface area (Å²) in [6.07, 6.45) is -2.66. The summed E-state index contributed by atoms with van der Waals surface area (Å²) in [6.45, 7) is 0.819. The summed E-state index contributed by atoms with van der Waals surface area (Å²) in [7, 11) is 1.49. The van der Waals surface area contributed by atoms with Crippen molar-refractivity contribution >= 4 is 0 Å². The number of rotatable bonds is 13. The second-order valence-electron chi connectivity index (χ2n) is 8.98. The van der Waals surface area contributed by atoms with Gasteiger partial charge in [0.1, 0.15) is 24.2 Å². The highest BCUT2D eigenvalue weighted by molar-refractivity contribution is 5.15. The summed E-state index contributed by atoms with van der Waals surface area (Å²) < 4.78 is 30.5. The Morgan fingerprint density at radius 2 is 1.24 bits per heavy atom. The van der Waals surface area contributed by atoms with Crippen LogP contribution in [-0.4, -0.2) is 49.8 Å². The Morgan fingerprint density at radius 3 is 1.73 bits per heavy atom. The van der Waals surface area contributed by atoms with E-state index in [1.165, 1.54) is 7.11 Å². The van der Waals surface area contributed by atoms with Crippen LogP contribution in [0.1, 0.15) is 16.7 Å². The summed E-state index contributed by atoms with van der Waals surface area (Å²) in [4.78, 5) is 11.3. The average Bonchev–Trinajstić information content (AvgIpc) is 2.93. The van der Waals surface area contributed by atoms with Gasteiger partial charge in [0.2, 0.25) is 6.54 Å². The summed E-state index contributed by atoms with van der Waals surface area (Å²) >= 11 is 0. The molecule has 0 unspecified atom stereocenters. The van der Waals surface area contributed by atoms with Gasteiger partial charge in [0.25, 0.3) is 0 Å². The molecule has 3 aromatic carbocycles. The van der Waals surface area contributed by atoms with Gasteiger partial charge in [-0.2, -0.15) is 0 Å². The molecule has 1 saturated heterocycles.